The third kappa shape index (κ3) is 3.49. The van der Waals surface area contributed by atoms with Crippen LogP contribution in [-0.2, 0) is 10.7 Å². The van der Waals surface area contributed by atoms with E-state index in [4.69, 9.17) is 0 Å². The number of rotatable bonds is 5. The first-order chi connectivity index (χ1) is 8.40. The van der Waals surface area contributed by atoms with Gasteiger partial charge in [-0.1, -0.05) is 31.5 Å². The first-order valence-electron chi connectivity index (χ1n) is 5.73. The van der Waals surface area contributed by atoms with Crippen LogP contribution in [0.4, 0.5) is 0 Å². The van der Waals surface area contributed by atoms with E-state index in [1.165, 1.54) is 17.7 Å². The van der Waals surface area contributed by atoms with Gasteiger partial charge in [0.25, 0.3) is 0 Å². The molecule has 0 saturated heterocycles. The lowest BCUT2D eigenvalue weighted by molar-refractivity contribution is 0.869. The highest BCUT2D eigenvalue weighted by Crippen LogP contribution is 2.11. The van der Waals surface area contributed by atoms with Crippen molar-refractivity contribution in [1.29, 1.82) is 0 Å². The minimum atomic E-state index is -0.109. The van der Waals surface area contributed by atoms with Crippen molar-refractivity contribution in [2.45, 2.75) is 24.7 Å². The van der Waals surface area contributed by atoms with Crippen molar-refractivity contribution in [2.75, 3.05) is 5.75 Å². The molecule has 0 N–H and O–H groups in total. The molecule has 1 aromatic carbocycles. The summed E-state index contributed by atoms with van der Waals surface area (Å²) in [6, 6.07) is 10.4. The van der Waals surface area contributed by atoms with Crippen LogP contribution in [0.1, 0.15) is 19.8 Å². The molecule has 4 nitrogen and oxygen atoms in total. The first kappa shape index (κ1) is 12.0. The second kappa shape index (κ2) is 6.30. The third-order valence-corrected chi connectivity index (χ3v) is 4.18. The van der Waals surface area contributed by atoms with Crippen molar-refractivity contribution >= 4 is 10.7 Å². The highest BCUT2D eigenvalue weighted by atomic mass is 32.2. The smallest absolute Gasteiger partial charge is 0.142 e. The van der Waals surface area contributed by atoms with Gasteiger partial charge in [-0.3, -0.25) is 0 Å². The molecule has 0 bridgehead atoms. The molecule has 1 unspecified atom stereocenters. The fourth-order valence-electron chi connectivity index (χ4n) is 1.42. The lowest BCUT2D eigenvalue weighted by atomic mass is 10.4. The average Bonchev–Trinajstić information content (AvgIpc) is 2.88. The van der Waals surface area contributed by atoms with Crippen molar-refractivity contribution in [3.8, 4) is 0 Å². The summed E-state index contributed by atoms with van der Waals surface area (Å²) >= 11 is 0. The Morgan fingerprint density at radius 2 is 1.88 bits per heavy atom. The van der Waals surface area contributed by atoms with Gasteiger partial charge in [0, 0.05) is 10.6 Å². The summed E-state index contributed by atoms with van der Waals surface area (Å²) in [6.07, 6.45) is 5.64. The Morgan fingerprint density at radius 3 is 2.53 bits per heavy atom. The van der Waals surface area contributed by atoms with E-state index < -0.39 is 0 Å². The number of unbranched alkanes of at least 4 members (excludes halogenated alkanes) is 1. The van der Waals surface area contributed by atoms with Crippen LogP contribution in [0.3, 0.4) is 0 Å². The molecule has 0 radical (unpaired) electrons. The fourth-order valence-corrected chi connectivity index (χ4v) is 3.17. The zero-order valence-corrected chi connectivity index (χ0v) is 10.7. The zero-order chi connectivity index (χ0) is 11.9. The molecule has 5 heteroatoms. The lowest BCUT2D eigenvalue weighted by Gasteiger charge is -2.07. The molecule has 1 aromatic heterocycles. The first-order valence-corrected chi connectivity index (χ1v) is 7.08. The Kier molecular flexibility index (Phi) is 4.44. The Balaban J connectivity index is 2.25. The summed E-state index contributed by atoms with van der Waals surface area (Å²) in [7, 11) is -0.109. The van der Waals surface area contributed by atoms with E-state index in [2.05, 4.69) is 45.9 Å². The topological polar surface area (TPSA) is 43.1 Å². The predicted molar refractivity (Wildman–Crippen MR) is 69.7 cm³/mol. The van der Waals surface area contributed by atoms with Gasteiger partial charge in [-0.25, -0.2) is 4.68 Å². The van der Waals surface area contributed by atoms with Gasteiger partial charge in [0.2, 0.25) is 0 Å². The lowest BCUT2D eigenvalue weighted by Crippen LogP contribution is -2.00. The molecule has 0 saturated carbocycles. The number of hydrogen-bond acceptors (Lipinski definition) is 3. The second-order valence-corrected chi connectivity index (χ2v) is 5.43. The van der Waals surface area contributed by atoms with Crippen molar-refractivity contribution in [2.24, 2.45) is 4.47 Å². The van der Waals surface area contributed by atoms with Gasteiger partial charge in [-0.05, 0) is 29.2 Å². The van der Waals surface area contributed by atoms with Crippen LogP contribution in [0, 0.1) is 0 Å². The molecule has 0 amide bonds. The van der Waals surface area contributed by atoms with Gasteiger partial charge in [0.1, 0.15) is 12.7 Å². The molecule has 0 aliphatic rings. The van der Waals surface area contributed by atoms with Crippen molar-refractivity contribution < 1.29 is 0 Å². The third-order valence-electron chi connectivity index (χ3n) is 2.31. The molecule has 1 heterocycles. The molecule has 2 aromatic rings. The zero-order valence-electron chi connectivity index (χ0n) is 9.86. The average molecular weight is 248 g/mol. The number of benzene rings is 1. The molecule has 2 rings (SSSR count). The maximum absolute atomic E-state index is 4.65. The number of hydrogen-bond donors (Lipinski definition) is 0. The molecule has 0 spiro atoms. The summed E-state index contributed by atoms with van der Waals surface area (Å²) in [4.78, 5) is 1.27. The Labute approximate surface area is 104 Å². The molecule has 90 valence electrons. The number of aromatic nitrogens is 3. The Hall–Kier alpha value is -1.49. The van der Waals surface area contributed by atoms with Crippen LogP contribution in [0.15, 0.2) is 52.4 Å². The molecule has 17 heavy (non-hydrogen) atoms. The molecule has 1 atom stereocenters. The van der Waals surface area contributed by atoms with Crippen LogP contribution in [0.25, 0.3) is 0 Å². The predicted octanol–water partition coefficient (Wildman–Crippen LogP) is 2.70. The quantitative estimate of drug-likeness (QED) is 0.816. The SMILES string of the molecule is CCCC/S(=N/n1cnnc1)c1ccccc1. The number of nitrogens with zero attached hydrogens (tertiary/aromatic N) is 4. The van der Waals surface area contributed by atoms with Gasteiger partial charge in [0.15, 0.2) is 0 Å². The van der Waals surface area contributed by atoms with Crippen molar-refractivity contribution in [1.82, 2.24) is 14.9 Å². The van der Waals surface area contributed by atoms with Gasteiger partial charge in [0.05, 0.1) is 0 Å². The van der Waals surface area contributed by atoms with Gasteiger partial charge >= 0.3 is 0 Å². The van der Waals surface area contributed by atoms with E-state index in [9.17, 15) is 0 Å². The summed E-state index contributed by atoms with van der Waals surface area (Å²) in [5.41, 5.74) is 0. The van der Waals surface area contributed by atoms with E-state index in [1.54, 1.807) is 17.3 Å². The highest BCUT2D eigenvalue weighted by molar-refractivity contribution is 7.87. The van der Waals surface area contributed by atoms with E-state index in [-0.39, 0.29) is 10.7 Å². The molecular formula is C12H16N4S. The van der Waals surface area contributed by atoms with Gasteiger partial charge < -0.3 is 0 Å². The van der Waals surface area contributed by atoms with Crippen LogP contribution >= 0.6 is 0 Å². The summed E-state index contributed by atoms with van der Waals surface area (Å²) in [6.45, 7) is 2.20. The second-order valence-electron chi connectivity index (χ2n) is 3.66. The molecule has 0 aliphatic carbocycles. The minimum absolute atomic E-state index is 0.109. The Bertz CT molecular complexity index is 465. The molecule has 0 fully saturated rings. The van der Waals surface area contributed by atoms with Crippen LogP contribution in [0.5, 0.6) is 0 Å². The van der Waals surface area contributed by atoms with Gasteiger partial charge in [-0.15, -0.1) is 14.7 Å². The Morgan fingerprint density at radius 1 is 1.18 bits per heavy atom. The summed E-state index contributed by atoms with van der Waals surface area (Å²) in [5, 5.41) is 7.55. The van der Waals surface area contributed by atoms with Crippen LogP contribution < -0.4 is 0 Å². The van der Waals surface area contributed by atoms with E-state index in [0.717, 1.165) is 5.75 Å². The molecular weight excluding hydrogens is 232 g/mol. The largest absolute Gasteiger partial charge is 0.201 e. The maximum Gasteiger partial charge on any atom is 0.142 e. The maximum atomic E-state index is 4.65. The molecule has 0 aliphatic heterocycles. The van der Waals surface area contributed by atoms with E-state index >= 15 is 0 Å². The van der Waals surface area contributed by atoms with Crippen molar-refractivity contribution in [3.05, 3.63) is 43.0 Å². The van der Waals surface area contributed by atoms with Gasteiger partial charge in [-0.2, -0.15) is 0 Å². The standard InChI is InChI=1S/C12H16N4S/c1-2-3-9-17(12-7-5-4-6-8-12)15-16-10-13-14-11-16/h4-8,10-11H,2-3,9H2,1H3. The van der Waals surface area contributed by atoms with Crippen LogP contribution in [0.2, 0.25) is 0 Å². The summed E-state index contributed by atoms with van der Waals surface area (Å²) in [5.74, 6) is 1.08. The highest BCUT2D eigenvalue weighted by Gasteiger charge is 2.01. The monoisotopic (exact) mass is 248 g/mol. The van der Waals surface area contributed by atoms with E-state index in [0.29, 0.717) is 0 Å². The van der Waals surface area contributed by atoms with Crippen molar-refractivity contribution in [3.63, 3.8) is 0 Å². The normalized spacial score (nSPS) is 12.8. The fraction of sp³-hybridized carbons (Fsp3) is 0.333. The minimum Gasteiger partial charge on any atom is -0.201 e. The summed E-state index contributed by atoms with van der Waals surface area (Å²) < 4.78 is 6.35. The van der Waals surface area contributed by atoms with Crippen LogP contribution in [-0.4, -0.2) is 20.6 Å². The van der Waals surface area contributed by atoms with E-state index in [1.807, 2.05) is 6.07 Å².